The second-order valence-electron chi connectivity index (χ2n) is 11.2. The van der Waals surface area contributed by atoms with Crippen LogP contribution in [0.3, 0.4) is 0 Å². The molecule has 4 aromatic carbocycles. The van der Waals surface area contributed by atoms with Crippen LogP contribution in [-0.4, -0.2) is 49.4 Å². The van der Waals surface area contributed by atoms with Gasteiger partial charge >= 0.3 is 7.12 Å². The molecule has 0 atom stereocenters. The van der Waals surface area contributed by atoms with Gasteiger partial charge in [0, 0.05) is 6.54 Å². The minimum Gasteiger partial charge on any atom is -0.497 e. The van der Waals surface area contributed by atoms with Crippen LogP contribution in [0.1, 0.15) is 67.3 Å². The highest BCUT2D eigenvalue weighted by molar-refractivity contribution is 6.59. The van der Waals surface area contributed by atoms with E-state index in [1.165, 1.54) is 0 Å². The smallest absolute Gasteiger partial charge is 0.488 e. The molecule has 7 heteroatoms. The summed E-state index contributed by atoms with van der Waals surface area (Å²) in [7, 11) is 1.73. The van der Waals surface area contributed by atoms with Gasteiger partial charge in [-0.2, -0.15) is 0 Å². The summed E-state index contributed by atoms with van der Waals surface area (Å²) in [6.07, 6.45) is 4.48. The van der Waals surface area contributed by atoms with E-state index in [4.69, 9.17) is 14.2 Å². The maximum absolute atomic E-state index is 10.4. The fraction of sp³-hybridized carbons (Fsp3) is 0.351. The van der Waals surface area contributed by atoms with E-state index in [-0.39, 0.29) is 6.61 Å². The predicted octanol–water partition coefficient (Wildman–Crippen LogP) is 6.29. The van der Waals surface area contributed by atoms with Crippen LogP contribution >= 0.6 is 0 Å². The van der Waals surface area contributed by atoms with Crippen LogP contribution < -0.4 is 14.9 Å². The van der Waals surface area contributed by atoms with Gasteiger partial charge < -0.3 is 24.3 Å². The van der Waals surface area contributed by atoms with Crippen molar-refractivity contribution in [2.24, 2.45) is 0 Å². The molecular formula is C37H46BNO5. The Morgan fingerprint density at radius 1 is 0.682 bits per heavy atom. The number of unbranched alkanes of at least 4 members (excludes halogenated alkanes) is 2. The van der Waals surface area contributed by atoms with Gasteiger partial charge in [-0.05, 0) is 83.5 Å². The summed E-state index contributed by atoms with van der Waals surface area (Å²) in [6, 6.07) is 32.0. The standard InChI is InChI=1S/C37H46BNO5/c1-5-7-24-39(25-8-6-2)27-30-15-14-29(26-36(30)38(40)41)28-44-37(31-12-10-9-11-13-31,32-16-20-34(42-3)21-17-32)33-18-22-35(43-4)23-19-33/h9-23,26,40-41H,5-8,24-25,27-28H2,1-4H3. The highest BCUT2D eigenvalue weighted by Crippen LogP contribution is 2.42. The summed E-state index contributed by atoms with van der Waals surface area (Å²) in [5, 5.41) is 20.9. The SMILES string of the molecule is CCCCN(CCCC)Cc1ccc(COC(c2ccccc2)(c2ccc(OC)cc2)c2ccc(OC)cc2)cc1B(O)O. The summed E-state index contributed by atoms with van der Waals surface area (Å²) >= 11 is 0. The lowest BCUT2D eigenvalue weighted by molar-refractivity contribution is 0.000210. The molecule has 0 unspecified atom stereocenters. The van der Waals surface area contributed by atoms with Crippen molar-refractivity contribution in [3.05, 3.63) is 125 Å². The van der Waals surface area contributed by atoms with Crippen molar-refractivity contribution in [3.8, 4) is 11.5 Å². The van der Waals surface area contributed by atoms with Gasteiger partial charge in [0.25, 0.3) is 0 Å². The van der Waals surface area contributed by atoms with Gasteiger partial charge in [-0.1, -0.05) is 99.5 Å². The number of ether oxygens (including phenoxy) is 3. The van der Waals surface area contributed by atoms with Crippen LogP contribution in [0.2, 0.25) is 0 Å². The summed E-state index contributed by atoms with van der Waals surface area (Å²) in [4.78, 5) is 2.41. The average Bonchev–Trinajstić information content (AvgIpc) is 3.07. The minimum absolute atomic E-state index is 0.238. The topological polar surface area (TPSA) is 71.4 Å². The first-order chi connectivity index (χ1) is 21.4. The fourth-order valence-corrected chi connectivity index (χ4v) is 5.66. The zero-order valence-corrected chi connectivity index (χ0v) is 26.5. The monoisotopic (exact) mass is 595 g/mol. The van der Waals surface area contributed by atoms with E-state index in [1.807, 2.05) is 84.9 Å². The van der Waals surface area contributed by atoms with Crippen LogP contribution in [0.4, 0.5) is 0 Å². The van der Waals surface area contributed by atoms with E-state index in [1.54, 1.807) is 14.2 Å². The highest BCUT2D eigenvalue weighted by Gasteiger charge is 2.38. The molecule has 2 N–H and O–H groups in total. The van der Waals surface area contributed by atoms with Gasteiger partial charge in [-0.3, -0.25) is 4.90 Å². The Hall–Kier alpha value is -3.62. The Labute approximate surface area is 263 Å². The first-order valence-corrected chi connectivity index (χ1v) is 15.6. The third kappa shape index (κ3) is 8.10. The third-order valence-corrected chi connectivity index (χ3v) is 8.17. The lowest BCUT2D eigenvalue weighted by Crippen LogP contribution is -2.37. The van der Waals surface area contributed by atoms with Crippen LogP contribution in [0.25, 0.3) is 0 Å². The first-order valence-electron chi connectivity index (χ1n) is 15.6. The lowest BCUT2D eigenvalue weighted by Gasteiger charge is -2.36. The largest absolute Gasteiger partial charge is 0.497 e. The van der Waals surface area contributed by atoms with Crippen molar-refractivity contribution in [1.29, 1.82) is 0 Å². The van der Waals surface area contributed by atoms with E-state index in [0.29, 0.717) is 12.0 Å². The molecule has 0 saturated carbocycles. The molecule has 0 saturated heterocycles. The molecular weight excluding hydrogens is 549 g/mol. The Bertz CT molecular complexity index is 1360. The average molecular weight is 596 g/mol. The van der Waals surface area contributed by atoms with Gasteiger partial charge in [0.1, 0.15) is 17.1 Å². The second kappa shape index (κ2) is 16.5. The molecule has 0 spiro atoms. The maximum atomic E-state index is 10.4. The molecule has 44 heavy (non-hydrogen) atoms. The van der Waals surface area contributed by atoms with E-state index < -0.39 is 12.7 Å². The number of hydrogen-bond acceptors (Lipinski definition) is 6. The predicted molar refractivity (Wildman–Crippen MR) is 178 cm³/mol. The maximum Gasteiger partial charge on any atom is 0.488 e. The molecule has 4 aromatic rings. The summed E-state index contributed by atoms with van der Waals surface area (Å²) in [6.45, 7) is 7.30. The van der Waals surface area contributed by atoms with Gasteiger partial charge in [0.05, 0.1) is 20.8 Å². The van der Waals surface area contributed by atoms with Crippen LogP contribution in [0.15, 0.2) is 97.1 Å². The third-order valence-electron chi connectivity index (χ3n) is 8.17. The molecule has 0 aliphatic heterocycles. The Morgan fingerprint density at radius 2 is 1.20 bits per heavy atom. The molecule has 0 amide bonds. The quantitative estimate of drug-likeness (QED) is 0.110. The molecule has 0 heterocycles. The molecule has 0 aliphatic carbocycles. The normalized spacial score (nSPS) is 11.5. The van der Waals surface area contributed by atoms with Crippen molar-refractivity contribution in [2.75, 3.05) is 27.3 Å². The van der Waals surface area contributed by atoms with Crippen LogP contribution in [0.5, 0.6) is 11.5 Å². The van der Waals surface area contributed by atoms with Gasteiger partial charge in [0.15, 0.2) is 0 Å². The number of hydrogen-bond donors (Lipinski definition) is 2. The van der Waals surface area contributed by atoms with E-state index in [9.17, 15) is 10.0 Å². The Morgan fingerprint density at radius 3 is 1.68 bits per heavy atom. The van der Waals surface area contributed by atoms with E-state index in [0.717, 1.165) is 78.1 Å². The number of benzene rings is 4. The first kappa shape index (κ1) is 33.3. The second-order valence-corrected chi connectivity index (χ2v) is 11.2. The Kier molecular flexibility index (Phi) is 12.4. The highest BCUT2D eigenvalue weighted by atomic mass is 16.5. The summed E-state index contributed by atoms with van der Waals surface area (Å²) in [5.41, 5.74) is 4.18. The van der Waals surface area contributed by atoms with Crippen molar-refractivity contribution >= 4 is 12.6 Å². The fourth-order valence-electron chi connectivity index (χ4n) is 5.66. The molecule has 0 bridgehead atoms. The minimum atomic E-state index is -1.58. The molecule has 0 radical (unpaired) electrons. The number of methoxy groups -OCH3 is 2. The molecule has 0 fully saturated rings. The van der Waals surface area contributed by atoms with E-state index in [2.05, 4.69) is 30.9 Å². The molecule has 6 nitrogen and oxygen atoms in total. The van der Waals surface area contributed by atoms with Crippen LogP contribution in [0, 0.1) is 0 Å². The van der Waals surface area contributed by atoms with Crippen molar-refractivity contribution < 1.29 is 24.3 Å². The molecule has 4 rings (SSSR count). The van der Waals surface area contributed by atoms with Gasteiger partial charge in [0.2, 0.25) is 0 Å². The van der Waals surface area contributed by atoms with E-state index >= 15 is 0 Å². The summed E-state index contributed by atoms with van der Waals surface area (Å²) in [5.74, 6) is 1.52. The number of rotatable bonds is 17. The van der Waals surface area contributed by atoms with Crippen molar-refractivity contribution in [1.82, 2.24) is 4.90 Å². The van der Waals surface area contributed by atoms with Gasteiger partial charge in [-0.25, -0.2) is 0 Å². The zero-order valence-electron chi connectivity index (χ0n) is 26.5. The molecule has 232 valence electrons. The lowest BCUT2D eigenvalue weighted by atomic mass is 9.76. The Balaban J connectivity index is 1.74. The van der Waals surface area contributed by atoms with Crippen molar-refractivity contribution in [2.45, 2.75) is 58.3 Å². The van der Waals surface area contributed by atoms with Crippen LogP contribution in [-0.2, 0) is 23.5 Å². The molecule has 0 aliphatic rings. The zero-order chi connectivity index (χ0) is 31.4. The van der Waals surface area contributed by atoms with Crippen molar-refractivity contribution in [3.63, 3.8) is 0 Å². The molecule has 0 aromatic heterocycles. The number of nitrogens with zero attached hydrogens (tertiary/aromatic N) is 1. The summed E-state index contributed by atoms with van der Waals surface area (Å²) < 4.78 is 18.0. The van der Waals surface area contributed by atoms with Gasteiger partial charge in [-0.15, -0.1) is 0 Å².